The third kappa shape index (κ3) is 9.13. The van der Waals surface area contributed by atoms with Crippen LogP contribution in [0, 0.1) is 0 Å². The number of likely N-dealkylation sites (tertiary alicyclic amines) is 2. The van der Waals surface area contributed by atoms with Gasteiger partial charge in [-0.2, -0.15) is 10.2 Å². The van der Waals surface area contributed by atoms with E-state index < -0.39 is 17.2 Å². The molecule has 0 saturated carbocycles. The largest absolute Gasteiger partial charge is 0.473 e. The van der Waals surface area contributed by atoms with Gasteiger partial charge in [0.25, 0.3) is 0 Å². The van der Waals surface area contributed by atoms with Crippen molar-refractivity contribution in [3.63, 3.8) is 0 Å². The maximum absolute atomic E-state index is 13.4. The van der Waals surface area contributed by atoms with E-state index in [1.54, 1.807) is 37.5 Å². The van der Waals surface area contributed by atoms with E-state index >= 15 is 0 Å². The van der Waals surface area contributed by atoms with Crippen LogP contribution in [-0.2, 0) is 21.3 Å². The summed E-state index contributed by atoms with van der Waals surface area (Å²) in [6, 6.07) is 1.63. The number of hydrogen-bond donors (Lipinski definition) is 0. The molecule has 2 aliphatic heterocycles. The minimum atomic E-state index is -0.580. The monoisotopic (exact) mass is 653 g/mol. The molecule has 2 aliphatic rings. The van der Waals surface area contributed by atoms with E-state index in [0.717, 1.165) is 18.4 Å². The van der Waals surface area contributed by atoms with Crippen LogP contribution < -0.4 is 4.74 Å². The summed E-state index contributed by atoms with van der Waals surface area (Å²) in [5.41, 5.74) is 0.852. The fraction of sp³-hybridized carbons (Fsp3) is 0.636. The number of amides is 2. The van der Waals surface area contributed by atoms with E-state index in [2.05, 4.69) is 10.2 Å². The van der Waals surface area contributed by atoms with Gasteiger partial charge in [-0.15, -0.1) is 0 Å². The van der Waals surface area contributed by atoms with Crippen molar-refractivity contribution in [3.05, 3.63) is 30.4 Å². The minimum absolute atomic E-state index is 0.130. The van der Waals surface area contributed by atoms with E-state index in [-0.39, 0.29) is 30.1 Å². The van der Waals surface area contributed by atoms with Crippen molar-refractivity contribution in [2.45, 2.75) is 103 Å². The molecule has 2 amide bonds. The van der Waals surface area contributed by atoms with E-state index in [1.807, 2.05) is 54.8 Å². The van der Waals surface area contributed by atoms with Gasteiger partial charge in [-0.3, -0.25) is 4.68 Å². The Balaban J connectivity index is 1.32. The number of ether oxygens (including phenoxy) is 4. The zero-order chi connectivity index (χ0) is 33.9. The number of carbonyl (C=O) groups excluding carboxylic acids is 3. The summed E-state index contributed by atoms with van der Waals surface area (Å²) in [5, 5.41) is 8.83. The van der Waals surface area contributed by atoms with Gasteiger partial charge in [0.1, 0.15) is 28.9 Å². The Morgan fingerprint density at radius 1 is 0.809 bits per heavy atom. The molecule has 5 heterocycles. The van der Waals surface area contributed by atoms with Crippen molar-refractivity contribution in [2.75, 3.05) is 26.2 Å². The first-order valence-corrected chi connectivity index (χ1v) is 16.4. The Morgan fingerprint density at radius 3 is 1.98 bits per heavy atom. The quantitative estimate of drug-likeness (QED) is 0.265. The van der Waals surface area contributed by atoms with Gasteiger partial charge in [0, 0.05) is 63.9 Å². The van der Waals surface area contributed by atoms with Gasteiger partial charge < -0.3 is 28.7 Å². The SMILES string of the molecule is Cn1cc(-c2cn3nc(C(=O)OC4CCCN(C(=O)OC(C)(C)C)CC4)cc3c(O[C@@H]3CCCN(C(=O)OC(C)(C)C)CC3)n2)cn1. The van der Waals surface area contributed by atoms with Crippen LogP contribution in [0.4, 0.5) is 9.59 Å². The smallest absolute Gasteiger partial charge is 0.410 e. The van der Waals surface area contributed by atoms with Gasteiger partial charge in [-0.05, 0) is 67.2 Å². The maximum atomic E-state index is 13.4. The second-order valence-corrected chi connectivity index (χ2v) is 14.3. The Bertz CT molecular complexity index is 1590. The fourth-order valence-corrected chi connectivity index (χ4v) is 5.60. The van der Waals surface area contributed by atoms with Gasteiger partial charge in [0.15, 0.2) is 5.69 Å². The topological polar surface area (TPSA) is 143 Å². The summed E-state index contributed by atoms with van der Waals surface area (Å²) >= 11 is 0. The van der Waals surface area contributed by atoms with Crippen LogP contribution in [0.15, 0.2) is 24.7 Å². The molecular formula is C33H47N7O7. The number of carbonyl (C=O) groups is 3. The summed E-state index contributed by atoms with van der Waals surface area (Å²) in [7, 11) is 1.82. The predicted octanol–water partition coefficient (Wildman–Crippen LogP) is 5.24. The molecule has 0 aliphatic carbocycles. The molecular weight excluding hydrogens is 606 g/mol. The van der Waals surface area contributed by atoms with Gasteiger partial charge in [0.05, 0.1) is 18.1 Å². The van der Waals surface area contributed by atoms with E-state index in [1.165, 1.54) is 0 Å². The first-order chi connectivity index (χ1) is 22.1. The van der Waals surface area contributed by atoms with Crippen molar-refractivity contribution < 1.29 is 33.3 Å². The molecule has 1 unspecified atom stereocenters. The highest BCUT2D eigenvalue weighted by Gasteiger charge is 2.29. The molecule has 14 heteroatoms. The Hall–Kier alpha value is -4.36. The van der Waals surface area contributed by atoms with E-state index in [0.29, 0.717) is 69.0 Å². The Kier molecular flexibility index (Phi) is 9.97. The molecule has 0 N–H and O–H groups in total. The van der Waals surface area contributed by atoms with Crippen LogP contribution in [-0.4, -0.2) is 102 Å². The fourth-order valence-electron chi connectivity index (χ4n) is 5.60. The highest BCUT2D eigenvalue weighted by atomic mass is 16.6. The lowest BCUT2D eigenvalue weighted by Gasteiger charge is -2.26. The van der Waals surface area contributed by atoms with E-state index in [9.17, 15) is 14.4 Å². The van der Waals surface area contributed by atoms with Gasteiger partial charge in [0.2, 0.25) is 5.88 Å². The standard InChI is InChI=1S/C33H47N7O7/c1-32(2,3)46-30(42)38-14-8-10-23(12-16-38)44-28-27-18-25(36-40(27)21-26(35-28)22-19-34-37(7)20-22)29(41)45-24-11-9-15-39(17-13-24)31(43)47-33(4,5)6/h18-21,23-24H,8-17H2,1-7H3/t23-,24?/m1/s1. The number of aromatic nitrogens is 5. The zero-order valence-corrected chi connectivity index (χ0v) is 28.5. The third-order valence-electron chi connectivity index (χ3n) is 7.84. The average molecular weight is 654 g/mol. The van der Waals surface area contributed by atoms with Crippen LogP contribution >= 0.6 is 0 Å². The summed E-state index contributed by atoms with van der Waals surface area (Å²) in [6.07, 6.45) is 7.87. The molecule has 2 saturated heterocycles. The average Bonchev–Trinajstić information content (AvgIpc) is 3.43. The van der Waals surface area contributed by atoms with Gasteiger partial charge in [-0.1, -0.05) is 0 Å². The van der Waals surface area contributed by atoms with Crippen LogP contribution in [0.3, 0.4) is 0 Å². The molecule has 2 atom stereocenters. The lowest BCUT2D eigenvalue weighted by molar-refractivity contribution is 0.0206. The van der Waals surface area contributed by atoms with Crippen LogP contribution in [0.1, 0.15) is 90.6 Å². The van der Waals surface area contributed by atoms with Crippen molar-refractivity contribution in [1.82, 2.24) is 34.2 Å². The minimum Gasteiger partial charge on any atom is -0.473 e. The first kappa shape index (κ1) is 34.0. The molecule has 2 fully saturated rings. The lowest BCUT2D eigenvalue weighted by atomic mass is 10.1. The molecule has 5 rings (SSSR count). The Morgan fingerprint density at radius 2 is 1.40 bits per heavy atom. The van der Waals surface area contributed by atoms with Gasteiger partial charge in [-0.25, -0.2) is 23.9 Å². The molecule has 3 aromatic heterocycles. The number of hydrogen-bond acceptors (Lipinski definition) is 10. The summed E-state index contributed by atoms with van der Waals surface area (Å²) in [4.78, 5) is 46.9. The van der Waals surface area contributed by atoms with Crippen LogP contribution in [0.25, 0.3) is 16.8 Å². The maximum Gasteiger partial charge on any atom is 0.410 e. The zero-order valence-electron chi connectivity index (χ0n) is 28.5. The normalized spacial score (nSPS) is 19.6. The Labute approximate surface area is 275 Å². The molecule has 0 bridgehead atoms. The third-order valence-corrected chi connectivity index (χ3v) is 7.84. The second kappa shape index (κ2) is 13.8. The van der Waals surface area contributed by atoms with Crippen LogP contribution in [0.5, 0.6) is 5.88 Å². The number of nitrogens with zero attached hydrogens (tertiary/aromatic N) is 7. The lowest BCUT2D eigenvalue weighted by Crippen LogP contribution is -2.37. The first-order valence-electron chi connectivity index (χ1n) is 16.4. The van der Waals surface area contributed by atoms with Crippen molar-refractivity contribution in [2.24, 2.45) is 7.05 Å². The van der Waals surface area contributed by atoms with E-state index in [4.69, 9.17) is 23.9 Å². The summed E-state index contributed by atoms with van der Waals surface area (Å²) < 4.78 is 26.8. The summed E-state index contributed by atoms with van der Waals surface area (Å²) in [6.45, 7) is 13.1. The molecule has 3 aromatic rings. The second-order valence-electron chi connectivity index (χ2n) is 14.3. The number of aryl methyl sites for hydroxylation is 1. The predicted molar refractivity (Wildman–Crippen MR) is 172 cm³/mol. The highest BCUT2D eigenvalue weighted by Crippen LogP contribution is 2.28. The molecule has 0 radical (unpaired) electrons. The molecule has 0 aromatic carbocycles. The number of fused-ring (bicyclic) bond motifs is 1. The van der Waals surface area contributed by atoms with Crippen molar-refractivity contribution >= 4 is 23.7 Å². The summed E-state index contributed by atoms with van der Waals surface area (Å²) in [5.74, 6) is -0.225. The molecule has 0 spiro atoms. The number of rotatable bonds is 5. The molecule has 47 heavy (non-hydrogen) atoms. The molecule has 256 valence electrons. The van der Waals surface area contributed by atoms with Crippen molar-refractivity contribution in [3.8, 4) is 17.1 Å². The number of esters is 1. The molecule has 14 nitrogen and oxygen atoms in total. The van der Waals surface area contributed by atoms with Crippen molar-refractivity contribution in [1.29, 1.82) is 0 Å². The highest BCUT2D eigenvalue weighted by molar-refractivity contribution is 5.89. The van der Waals surface area contributed by atoms with Crippen LogP contribution in [0.2, 0.25) is 0 Å². The van der Waals surface area contributed by atoms with Gasteiger partial charge >= 0.3 is 18.2 Å².